The maximum Gasteiger partial charge on any atom is 0.314 e. The monoisotopic (exact) mass is 284 g/mol. The molecular formula is C12H20N4O4. The van der Waals surface area contributed by atoms with Crippen LogP contribution >= 0.6 is 0 Å². The molecule has 0 spiro atoms. The summed E-state index contributed by atoms with van der Waals surface area (Å²) in [6.07, 6.45) is 1.76. The number of rotatable bonds is 8. The Hall–Kier alpha value is -2.12. The second-order valence-corrected chi connectivity index (χ2v) is 4.44. The van der Waals surface area contributed by atoms with Gasteiger partial charge >= 0.3 is 12.0 Å². The van der Waals surface area contributed by atoms with Crippen LogP contribution < -0.4 is 10.6 Å². The third-order valence-electron chi connectivity index (χ3n) is 2.70. The van der Waals surface area contributed by atoms with Crippen molar-refractivity contribution in [3.05, 3.63) is 11.7 Å². The van der Waals surface area contributed by atoms with Crippen molar-refractivity contribution in [3.8, 4) is 0 Å². The van der Waals surface area contributed by atoms with Crippen molar-refractivity contribution < 1.29 is 19.2 Å². The maximum atomic E-state index is 11.5. The number of amides is 2. The number of aromatic nitrogens is 2. The van der Waals surface area contributed by atoms with Gasteiger partial charge in [0, 0.05) is 26.4 Å². The smallest absolute Gasteiger partial charge is 0.314 e. The summed E-state index contributed by atoms with van der Waals surface area (Å²) in [5.41, 5.74) is 0. The molecule has 0 aromatic carbocycles. The van der Waals surface area contributed by atoms with E-state index in [9.17, 15) is 9.59 Å². The number of urea groups is 1. The molecule has 3 N–H and O–H groups in total. The van der Waals surface area contributed by atoms with E-state index in [2.05, 4.69) is 20.8 Å². The van der Waals surface area contributed by atoms with E-state index in [1.54, 1.807) is 6.92 Å². The van der Waals surface area contributed by atoms with E-state index in [1.165, 1.54) is 0 Å². The molecule has 8 heteroatoms. The molecule has 112 valence electrons. The highest BCUT2D eigenvalue weighted by Gasteiger charge is 2.16. The minimum atomic E-state index is -0.894. The Labute approximate surface area is 116 Å². The number of carbonyl (C=O) groups excluding carboxylic acids is 1. The molecule has 0 aliphatic heterocycles. The van der Waals surface area contributed by atoms with E-state index in [0.717, 1.165) is 6.42 Å². The van der Waals surface area contributed by atoms with Crippen LogP contribution in [-0.4, -0.2) is 40.3 Å². The maximum absolute atomic E-state index is 11.5. The van der Waals surface area contributed by atoms with Crippen LogP contribution in [0.1, 0.15) is 31.5 Å². The van der Waals surface area contributed by atoms with E-state index in [4.69, 9.17) is 9.63 Å². The lowest BCUT2D eigenvalue weighted by molar-refractivity contribution is -0.141. The molecule has 1 aromatic rings. The Morgan fingerprint density at radius 3 is 2.70 bits per heavy atom. The van der Waals surface area contributed by atoms with Gasteiger partial charge in [-0.05, 0) is 6.42 Å². The van der Waals surface area contributed by atoms with E-state index >= 15 is 0 Å². The van der Waals surface area contributed by atoms with Crippen LogP contribution in [0.25, 0.3) is 0 Å². The molecule has 1 rings (SSSR count). The molecule has 8 nitrogen and oxygen atoms in total. The van der Waals surface area contributed by atoms with Gasteiger partial charge in [-0.25, -0.2) is 4.79 Å². The molecule has 0 fully saturated rings. The molecule has 1 heterocycles. The second kappa shape index (κ2) is 8.13. The number of nitrogens with zero attached hydrogens (tertiary/aromatic N) is 2. The average molecular weight is 284 g/mol. The van der Waals surface area contributed by atoms with Crippen LogP contribution in [0.5, 0.6) is 0 Å². The fraction of sp³-hybridized carbons (Fsp3) is 0.667. The van der Waals surface area contributed by atoms with Crippen LogP contribution in [0.3, 0.4) is 0 Å². The van der Waals surface area contributed by atoms with E-state index in [-0.39, 0.29) is 6.54 Å². The summed E-state index contributed by atoms with van der Waals surface area (Å²) in [6, 6.07) is -0.396. The van der Waals surface area contributed by atoms with Gasteiger partial charge in [-0.1, -0.05) is 18.5 Å². The first-order valence-electron chi connectivity index (χ1n) is 6.56. The van der Waals surface area contributed by atoms with Gasteiger partial charge in [-0.2, -0.15) is 4.98 Å². The summed E-state index contributed by atoms with van der Waals surface area (Å²) in [5.74, 6) is -0.439. The van der Waals surface area contributed by atoms with Gasteiger partial charge < -0.3 is 20.3 Å². The van der Waals surface area contributed by atoms with Crippen LogP contribution in [-0.2, 0) is 11.2 Å². The van der Waals surface area contributed by atoms with E-state index in [0.29, 0.717) is 31.1 Å². The summed E-state index contributed by atoms with van der Waals surface area (Å²) in [6.45, 7) is 4.08. The van der Waals surface area contributed by atoms with E-state index in [1.807, 2.05) is 6.92 Å². The predicted molar refractivity (Wildman–Crippen MR) is 70.2 cm³/mol. The Morgan fingerprint density at radius 2 is 2.15 bits per heavy atom. The Bertz CT molecular complexity index is 446. The van der Waals surface area contributed by atoms with Gasteiger partial charge in [-0.3, -0.25) is 4.79 Å². The first-order chi connectivity index (χ1) is 9.52. The zero-order valence-electron chi connectivity index (χ0n) is 11.7. The van der Waals surface area contributed by atoms with Gasteiger partial charge in [-0.15, -0.1) is 0 Å². The van der Waals surface area contributed by atoms with Gasteiger partial charge in [0.2, 0.25) is 5.89 Å². The second-order valence-electron chi connectivity index (χ2n) is 4.44. The van der Waals surface area contributed by atoms with Crippen molar-refractivity contribution in [2.45, 2.75) is 33.1 Å². The largest absolute Gasteiger partial charge is 0.481 e. The SMILES string of the molecule is CCCC(CNC(=O)NCCc1noc(C)n1)C(=O)O. The van der Waals surface area contributed by atoms with E-state index < -0.39 is 17.9 Å². The minimum Gasteiger partial charge on any atom is -0.481 e. The number of aliphatic carboxylic acids is 1. The highest BCUT2D eigenvalue weighted by atomic mass is 16.5. The first kappa shape index (κ1) is 15.9. The normalized spacial score (nSPS) is 11.9. The summed E-state index contributed by atoms with van der Waals surface area (Å²) < 4.78 is 4.80. The quantitative estimate of drug-likeness (QED) is 0.647. The summed E-state index contributed by atoms with van der Waals surface area (Å²) >= 11 is 0. The molecule has 0 saturated carbocycles. The Kier molecular flexibility index (Phi) is 6.48. The lowest BCUT2D eigenvalue weighted by Crippen LogP contribution is -2.40. The Morgan fingerprint density at radius 1 is 1.40 bits per heavy atom. The molecule has 0 radical (unpaired) electrons. The van der Waals surface area contributed by atoms with Gasteiger partial charge in [0.05, 0.1) is 5.92 Å². The molecule has 0 aliphatic rings. The lowest BCUT2D eigenvalue weighted by Gasteiger charge is -2.12. The first-order valence-corrected chi connectivity index (χ1v) is 6.56. The zero-order chi connectivity index (χ0) is 15.0. The van der Waals surface area contributed by atoms with Crippen molar-refractivity contribution in [3.63, 3.8) is 0 Å². The molecule has 20 heavy (non-hydrogen) atoms. The number of carboxylic acid groups (broad SMARTS) is 1. The van der Waals surface area contributed by atoms with Crippen LogP contribution in [0.2, 0.25) is 0 Å². The fourth-order valence-electron chi connectivity index (χ4n) is 1.67. The average Bonchev–Trinajstić information content (AvgIpc) is 2.80. The van der Waals surface area contributed by atoms with Crippen molar-refractivity contribution in [2.75, 3.05) is 13.1 Å². The van der Waals surface area contributed by atoms with Crippen molar-refractivity contribution in [2.24, 2.45) is 5.92 Å². The number of hydrogen-bond acceptors (Lipinski definition) is 5. The third kappa shape index (κ3) is 5.68. The molecule has 1 atom stereocenters. The van der Waals surface area contributed by atoms with Gasteiger partial charge in [0.25, 0.3) is 0 Å². The van der Waals surface area contributed by atoms with Gasteiger partial charge in [0.1, 0.15) is 0 Å². The zero-order valence-corrected chi connectivity index (χ0v) is 11.7. The molecule has 0 bridgehead atoms. The molecule has 0 aliphatic carbocycles. The number of aryl methyl sites for hydroxylation is 1. The minimum absolute atomic E-state index is 0.121. The molecular weight excluding hydrogens is 264 g/mol. The van der Waals surface area contributed by atoms with Crippen LogP contribution in [0, 0.1) is 12.8 Å². The number of nitrogens with one attached hydrogen (secondary N) is 2. The third-order valence-corrected chi connectivity index (χ3v) is 2.70. The lowest BCUT2D eigenvalue weighted by atomic mass is 10.0. The van der Waals surface area contributed by atoms with Crippen molar-refractivity contribution in [1.82, 2.24) is 20.8 Å². The number of carbonyl (C=O) groups is 2. The summed E-state index contributed by atoms with van der Waals surface area (Å²) in [5, 5.41) is 17.8. The molecule has 2 amide bonds. The standard InChI is InChI=1S/C12H20N4O4/c1-3-4-9(11(17)18)7-14-12(19)13-6-5-10-15-8(2)20-16-10/h9H,3-7H2,1-2H3,(H,17,18)(H2,13,14,19). The topological polar surface area (TPSA) is 117 Å². The van der Waals surface area contributed by atoms with Crippen LogP contribution in [0.4, 0.5) is 4.79 Å². The van der Waals surface area contributed by atoms with Crippen molar-refractivity contribution in [1.29, 1.82) is 0 Å². The number of hydrogen-bond donors (Lipinski definition) is 3. The highest BCUT2D eigenvalue weighted by Crippen LogP contribution is 2.04. The molecule has 0 saturated heterocycles. The fourth-order valence-corrected chi connectivity index (χ4v) is 1.67. The van der Waals surface area contributed by atoms with Gasteiger partial charge in [0.15, 0.2) is 5.82 Å². The summed E-state index contributed by atoms with van der Waals surface area (Å²) in [7, 11) is 0. The number of carboxylic acids is 1. The predicted octanol–water partition coefficient (Wildman–Crippen LogP) is 0.721. The Balaban J connectivity index is 2.21. The highest BCUT2D eigenvalue weighted by molar-refractivity contribution is 5.75. The summed E-state index contributed by atoms with van der Waals surface area (Å²) in [4.78, 5) is 26.4. The molecule has 1 unspecified atom stereocenters. The van der Waals surface area contributed by atoms with Crippen LogP contribution in [0.15, 0.2) is 4.52 Å². The molecule has 1 aromatic heterocycles. The van der Waals surface area contributed by atoms with Crippen molar-refractivity contribution >= 4 is 12.0 Å².